The van der Waals surface area contributed by atoms with Gasteiger partial charge < -0.3 is 20.7 Å². The van der Waals surface area contributed by atoms with E-state index in [1.807, 2.05) is 6.92 Å². The number of nitrogens with one attached hydrogen (secondary N) is 1. The summed E-state index contributed by atoms with van der Waals surface area (Å²) in [6, 6.07) is 5.03. The Bertz CT molecular complexity index is 474. The van der Waals surface area contributed by atoms with Gasteiger partial charge in [-0.3, -0.25) is 9.59 Å². The number of carbonyl (C=O) groups is 2. The molecule has 0 saturated carbocycles. The number of rotatable bonds is 5. The molecule has 1 aromatic carbocycles. The van der Waals surface area contributed by atoms with Gasteiger partial charge in [-0.15, -0.1) is 0 Å². The fourth-order valence-electron chi connectivity index (χ4n) is 1.61. The summed E-state index contributed by atoms with van der Waals surface area (Å²) in [6.07, 6.45) is 0. The van der Waals surface area contributed by atoms with E-state index in [-0.39, 0.29) is 23.9 Å². The molecule has 6 nitrogen and oxygen atoms in total. The van der Waals surface area contributed by atoms with Crippen LogP contribution in [-0.4, -0.2) is 44.0 Å². The van der Waals surface area contributed by atoms with Crippen LogP contribution in [-0.2, 0) is 4.79 Å². The summed E-state index contributed by atoms with van der Waals surface area (Å²) >= 11 is 0. The zero-order valence-corrected chi connectivity index (χ0v) is 11.4. The molecule has 104 valence electrons. The molecular weight excluding hydrogens is 246 g/mol. The normalized spacial score (nSPS) is 9.84. The van der Waals surface area contributed by atoms with Crippen LogP contribution in [0, 0.1) is 0 Å². The van der Waals surface area contributed by atoms with Gasteiger partial charge in [0.25, 0.3) is 5.91 Å². The molecule has 2 amide bonds. The number of hydrogen-bond acceptors (Lipinski definition) is 4. The van der Waals surface area contributed by atoms with Crippen LogP contribution in [0.2, 0.25) is 0 Å². The maximum absolute atomic E-state index is 12.3. The topological polar surface area (TPSA) is 84.7 Å². The maximum atomic E-state index is 12.3. The summed E-state index contributed by atoms with van der Waals surface area (Å²) in [5.74, 6) is -0.162. The third-order valence-corrected chi connectivity index (χ3v) is 2.58. The molecule has 0 heterocycles. The highest BCUT2D eigenvalue weighted by Gasteiger charge is 2.21. The molecule has 0 spiro atoms. The van der Waals surface area contributed by atoms with Crippen molar-refractivity contribution in [2.24, 2.45) is 0 Å². The number of nitrogens with two attached hydrogens (primary N) is 1. The molecule has 0 radical (unpaired) electrons. The highest BCUT2D eigenvalue weighted by atomic mass is 16.5. The van der Waals surface area contributed by atoms with Crippen molar-refractivity contribution in [3.8, 4) is 5.75 Å². The van der Waals surface area contributed by atoms with Gasteiger partial charge in [0.05, 0.1) is 13.2 Å². The molecule has 3 N–H and O–H groups in total. The third-order valence-electron chi connectivity index (χ3n) is 2.58. The Balaban J connectivity index is 3.01. The van der Waals surface area contributed by atoms with Crippen molar-refractivity contribution >= 4 is 17.5 Å². The van der Waals surface area contributed by atoms with Crippen LogP contribution in [0.4, 0.5) is 5.69 Å². The van der Waals surface area contributed by atoms with Gasteiger partial charge in [0.1, 0.15) is 11.3 Å². The zero-order valence-electron chi connectivity index (χ0n) is 11.4. The Morgan fingerprint density at radius 3 is 2.68 bits per heavy atom. The fraction of sp³-hybridized carbons (Fsp3) is 0.385. The zero-order chi connectivity index (χ0) is 14.4. The van der Waals surface area contributed by atoms with Gasteiger partial charge in [-0.05, 0) is 19.1 Å². The Kier molecular flexibility index (Phi) is 5.17. The van der Waals surface area contributed by atoms with Gasteiger partial charge in [0, 0.05) is 19.8 Å². The number of carbonyl (C=O) groups excluding carboxylic acids is 2. The van der Waals surface area contributed by atoms with Gasteiger partial charge in [-0.25, -0.2) is 0 Å². The Hall–Kier alpha value is -2.24. The summed E-state index contributed by atoms with van der Waals surface area (Å²) in [4.78, 5) is 24.9. The molecule has 0 fully saturated rings. The van der Waals surface area contributed by atoms with Crippen LogP contribution in [0.25, 0.3) is 0 Å². The minimum Gasteiger partial charge on any atom is -0.493 e. The van der Waals surface area contributed by atoms with E-state index in [1.165, 1.54) is 11.9 Å². The van der Waals surface area contributed by atoms with Crippen LogP contribution in [0.5, 0.6) is 5.75 Å². The highest BCUT2D eigenvalue weighted by molar-refractivity contribution is 6.03. The molecule has 0 aliphatic heterocycles. The molecule has 0 unspecified atom stereocenters. The number of likely N-dealkylation sites (N-methyl/N-ethyl adjacent to an activating group) is 2. The second kappa shape index (κ2) is 6.63. The largest absolute Gasteiger partial charge is 0.493 e. The van der Waals surface area contributed by atoms with Crippen LogP contribution in [0.15, 0.2) is 18.2 Å². The second-order valence-electron chi connectivity index (χ2n) is 3.99. The predicted octanol–water partition coefficient (Wildman–Crippen LogP) is 0.485. The second-order valence-corrected chi connectivity index (χ2v) is 3.99. The quantitative estimate of drug-likeness (QED) is 0.759. The van der Waals surface area contributed by atoms with Crippen molar-refractivity contribution < 1.29 is 14.3 Å². The summed E-state index contributed by atoms with van der Waals surface area (Å²) in [6.45, 7) is 2.23. The monoisotopic (exact) mass is 265 g/mol. The molecule has 1 rings (SSSR count). The van der Waals surface area contributed by atoms with Crippen molar-refractivity contribution in [2.45, 2.75) is 6.92 Å². The maximum Gasteiger partial charge on any atom is 0.259 e. The van der Waals surface area contributed by atoms with Crippen LogP contribution >= 0.6 is 0 Å². The predicted molar refractivity (Wildman–Crippen MR) is 73.1 cm³/mol. The molecule has 6 heteroatoms. The SMILES string of the molecule is CCOc1cccc(N)c1C(=O)N(C)CC(=O)NC. The van der Waals surface area contributed by atoms with Crippen LogP contribution in [0.3, 0.4) is 0 Å². The average molecular weight is 265 g/mol. The van der Waals surface area contributed by atoms with E-state index in [4.69, 9.17) is 10.5 Å². The number of ether oxygens (including phenoxy) is 1. The van der Waals surface area contributed by atoms with Crippen molar-refractivity contribution in [2.75, 3.05) is 33.0 Å². The van der Waals surface area contributed by atoms with Crippen molar-refractivity contribution in [3.63, 3.8) is 0 Å². The van der Waals surface area contributed by atoms with Gasteiger partial charge in [-0.1, -0.05) is 6.07 Å². The van der Waals surface area contributed by atoms with Gasteiger partial charge >= 0.3 is 0 Å². The van der Waals surface area contributed by atoms with E-state index in [2.05, 4.69) is 5.32 Å². The Morgan fingerprint density at radius 2 is 2.11 bits per heavy atom. The van der Waals surface area contributed by atoms with Crippen LogP contribution < -0.4 is 15.8 Å². The molecule has 0 aliphatic carbocycles. The highest BCUT2D eigenvalue weighted by Crippen LogP contribution is 2.25. The summed E-state index contributed by atoms with van der Waals surface area (Å²) in [5.41, 5.74) is 6.45. The molecule has 19 heavy (non-hydrogen) atoms. The first kappa shape index (κ1) is 14.8. The summed E-state index contributed by atoms with van der Waals surface area (Å²) < 4.78 is 5.39. The number of benzene rings is 1. The number of amides is 2. The van der Waals surface area contributed by atoms with Gasteiger partial charge in [0.2, 0.25) is 5.91 Å². The number of nitrogens with zero attached hydrogens (tertiary/aromatic N) is 1. The van der Waals surface area contributed by atoms with Gasteiger partial charge in [-0.2, -0.15) is 0 Å². The molecule has 0 aliphatic rings. The third kappa shape index (κ3) is 3.61. The average Bonchev–Trinajstić information content (AvgIpc) is 2.38. The van der Waals surface area contributed by atoms with Gasteiger partial charge in [0.15, 0.2) is 0 Å². The van der Waals surface area contributed by atoms with E-state index in [1.54, 1.807) is 25.2 Å². The lowest BCUT2D eigenvalue weighted by Gasteiger charge is -2.19. The van der Waals surface area contributed by atoms with Crippen molar-refractivity contribution in [3.05, 3.63) is 23.8 Å². The molecule has 0 saturated heterocycles. The Labute approximate surface area is 112 Å². The Morgan fingerprint density at radius 1 is 1.42 bits per heavy atom. The minimum absolute atomic E-state index is 0.0325. The lowest BCUT2D eigenvalue weighted by molar-refractivity contribution is -0.121. The first-order chi connectivity index (χ1) is 9.01. The molecule has 0 bridgehead atoms. The first-order valence-corrected chi connectivity index (χ1v) is 5.98. The lowest BCUT2D eigenvalue weighted by Crippen LogP contribution is -2.37. The summed E-state index contributed by atoms with van der Waals surface area (Å²) in [7, 11) is 3.06. The van der Waals surface area contributed by atoms with E-state index >= 15 is 0 Å². The molecule has 0 aromatic heterocycles. The van der Waals surface area contributed by atoms with E-state index in [0.29, 0.717) is 18.0 Å². The summed E-state index contributed by atoms with van der Waals surface area (Å²) in [5, 5.41) is 2.46. The number of anilines is 1. The van der Waals surface area contributed by atoms with E-state index in [0.717, 1.165) is 0 Å². The smallest absolute Gasteiger partial charge is 0.259 e. The van der Waals surface area contributed by atoms with E-state index in [9.17, 15) is 9.59 Å². The number of nitrogen functional groups attached to an aromatic ring is 1. The fourth-order valence-corrected chi connectivity index (χ4v) is 1.61. The first-order valence-electron chi connectivity index (χ1n) is 5.98. The molecule has 0 atom stereocenters. The minimum atomic E-state index is -0.342. The molecule has 1 aromatic rings. The number of hydrogen-bond donors (Lipinski definition) is 2. The van der Waals surface area contributed by atoms with E-state index < -0.39 is 0 Å². The lowest BCUT2D eigenvalue weighted by atomic mass is 10.1. The molecular formula is C13H19N3O3. The van der Waals surface area contributed by atoms with Crippen LogP contribution in [0.1, 0.15) is 17.3 Å². The van der Waals surface area contributed by atoms with Crippen molar-refractivity contribution in [1.29, 1.82) is 0 Å². The van der Waals surface area contributed by atoms with Crippen molar-refractivity contribution in [1.82, 2.24) is 10.2 Å². The standard InChI is InChI=1S/C13H19N3O3/c1-4-19-10-7-5-6-9(14)12(10)13(18)16(3)8-11(17)15-2/h5-7H,4,8,14H2,1-3H3,(H,15,17).